The lowest BCUT2D eigenvalue weighted by Crippen LogP contribution is -1.66. The summed E-state index contributed by atoms with van der Waals surface area (Å²) >= 11 is 0. The topological polar surface area (TPSA) is 389 Å². The zero-order valence-corrected chi connectivity index (χ0v) is 26.1. The maximum absolute atomic E-state index is 8.88. The van der Waals surface area contributed by atoms with Gasteiger partial charge in [-0.15, -0.1) is 0 Å². The van der Waals surface area contributed by atoms with Gasteiger partial charge in [0.25, 0.3) is 0 Å². The first-order valence-corrected chi connectivity index (χ1v) is 11.7. The molecule has 200 valence electrons. The van der Waals surface area contributed by atoms with Gasteiger partial charge < -0.3 is 73.4 Å². The summed E-state index contributed by atoms with van der Waals surface area (Å²) in [5.74, 6) is 0. The van der Waals surface area contributed by atoms with Crippen molar-refractivity contribution >= 4 is 88.6 Å². The Morgan fingerprint density at radius 1 is 0.233 bits per heavy atom. The van der Waals surface area contributed by atoms with Gasteiger partial charge in [-0.3, -0.25) is 0 Å². The predicted molar refractivity (Wildman–Crippen MR) is 127 cm³/mol. The lowest BCUT2D eigenvalue weighted by atomic mass is 15.8. The molecule has 0 aromatic heterocycles. The van der Waals surface area contributed by atoms with E-state index in [1.165, 1.54) is 0 Å². The molecule has 0 aromatic rings. The van der Waals surface area contributed by atoms with Crippen LogP contribution in [0.3, 0.4) is 0 Å². The average Bonchev–Trinajstić information content (AvgIpc) is 1.79. The summed E-state index contributed by atoms with van der Waals surface area (Å²) in [5.41, 5.74) is 0. The molecule has 0 aliphatic carbocycles. The second kappa shape index (κ2) is 27.9. The van der Waals surface area contributed by atoms with E-state index < -0.39 is 39.1 Å². The Labute approximate surface area is 185 Å². The van der Waals surface area contributed by atoms with Crippen LogP contribution in [0.5, 0.6) is 0 Å². The summed E-state index contributed by atoms with van der Waals surface area (Å²) in [5, 5.41) is 0. The smallest absolute Gasteiger partial charge is 0.303 e. The summed E-state index contributed by atoms with van der Waals surface area (Å²) < 4.78 is 44.4. The SMILES string of the molecule is O=P(O)(O)O.O=P(O)(O)O.O=P(O)(O)O.O=P(O)(O)O.O=P(O)(O)O.P.P.P.P.P. The highest BCUT2D eigenvalue weighted by Crippen LogP contribution is 2.27. The molecule has 30 heavy (non-hydrogen) atoms. The van der Waals surface area contributed by atoms with Gasteiger partial charge in [0.05, 0.1) is 0 Å². The standard InChI is InChI=1S/5H3O4P.5H3P/c5*1-5(2,3)4;;;;;/h5*(H3,1,2,3,4);5*1H3. The molecule has 20 nitrogen and oxygen atoms in total. The molecule has 0 aromatic carbocycles. The zero-order valence-electron chi connectivity index (χ0n) is 14.5. The molecule has 0 amide bonds. The molecule has 15 N–H and O–H groups in total. The van der Waals surface area contributed by atoms with Crippen molar-refractivity contribution in [2.75, 3.05) is 0 Å². The highest BCUT2D eigenvalue weighted by atomic mass is 31.2. The quantitative estimate of drug-likeness (QED) is 0.109. The molecule has 0 spiro atoms. The van der Waals surface area contributed by atoms with Crippen LogP contribution in [-0.2, 0) is 22.8 Å². The van der Waals surface area contributed by atoms with Gasteiger partial charge in [-0.2, -0.15) is 49.5 Å². The van der Waals surface area contributed by atoms with Gasteiger partial charge in [0.1, 0.15) is 0 Å². The molecule has 0 rings (SSSR count). The van der Waals surface area contributed by atoms with Crippen LogP contribution in [0, 0.1) is 0 Å². The Bertz CT molecular complexity index is 375. The van der Waals surface area contributed by atoms with E-state index in [1.54, 1.807) is 0 Å². The summed E-state index contributed by atoms with van der Waals surface area (Å²) in [6.45, 7) is 0. The molecule has 5 atom stereocenters. The van der Waals surface area contributed by atoms with Crippen LogP contribution in [0.1, 0.15) is 0 Å². The van der Waals surface area contributed by atoms with Crippen molar-refractivity contribution < 1.29 is 96.2 Å². The molecule has 5 unspecified atom stereocenters. The maximum atomic E-state index is 8.88. The lowest BCUT2D eigenvalue weighted by molar-refractivity contribution is 0.272. The molecule has 0 fully saturated rings. The molecule has 0 saturated heterocycles. The Morgan fingerprint density at radius 2 is 0.233 bits per heavy atom. The minimum Gasteiger partial charge on any atom is -0.303 e. The van der Waals surface area contributed by atoms with E-state index >= 15 is 0 Å². The van der Waals surface area contributed by atoms with E-state index in [0.717, 1.165) is 0 Å². The Hall–Kier alpha value is 2.70. The van der Waals surface area contributed by atoms with Crippen molar-refractivity contribution in [1.82, 2.24) is 0 Å². The molecule has 0 saturated carbocycles. The highest BCUT2D eigenvalue weighted by Gasteiger charge is 2.01. The molecule has 30 heteroatoms. The van der Waals surface area contributed by atoms with Gasteiger partial charge in [-0.1, -0.05) is 0 Å². The second-order valence-electron chi connectivity index (χ2n) is 2.57. The largest absolute Gasteiger partial charge is 0.466 e. The average molecular weight is 660 g/mol. The van der Waals surface area contributed by atoms with E-state index in [4.69, 9.17) is 96.2 Å². The fraction of sp³-hybridized carbons (Fsp3) is 0. The van der Waals surface area contributed by atoms with Gasteiger partial charge in [0.2, 0.25) is 0 Å². The van der Waals surface area contributed by atoms with Gasteiger partial charge in [-0.05, 0) is 0 Å². The summed E-state index contributed by atoms with van der Waals surface area (Å²) in [6, 6.07) is 0. The van der Waals surface area contributed by atoms with Crippen molar-refractivity contribution in [2.45, 2.75) is 0 Å². The van der Waals surface area contributed by atoms with E-state index in [-0.39, 0.29) is 49.5 Å². The molecule has 0 aliphatic heterocycles. The molecule has 0 heterocycles. The fourth-order valence-corrected chi connectivity index (χ4v) is 0. The third kappa shape index (κ3) is 3710. The molecular weight excluding hydrogens is 630 g/mol. The van der Waals surface area contributed by atoms with Crippen LogP contribution < -0.4 is 0 Å². The van der Waals surface area contributed by atoms with E-state index in [9.17, 15) is 0 Å². The van der Waals surface area contributed by atoms with Crippen LogP contribution in [-0.4, -0.2) is 73.4 Å². The minimum absolute atomic E-state index is 0. The van der Waals surface area contributed by atoms with Crippen molar-refractivity contribution in [3.8, 4) is 0 Å². The Morgan fingerprint density at radius 3 is 0.233 bits per heavy atom. The predicted octanol–water partition coefficient (Wildman–Crippen LogP) is -4.35. The zero-order chi connectivity index (χ0) is 22.5. The molecule has 0 aliphatic rings. The van der Waals surface area contributed by atoms with Gasteiger partial charge in [0.15, 0.2) is 0 Å². The van der Waals surface area contributed by atoms with E-state index in [0.29, 0.717) is 0 Å². The van der Waals surface area contributed by atoms with Crippen molar-refractivity contribution in [3.63, 3.8) is 0 Å². The number of rotatable bonds is 0. The van der Waals surface area contributed by atoms with Gasteiger partial charge in [-0.25, -0.2) is 22.8 Å². The monoisotopic (exact) mass is 660 g/mol. The van der Waals surface area contributed by atoms with Gasteiger partial charge >= 0.3 is 39.1 Å². The van der Waals surface area contributed by atoms with Crippen LogP contribution in [0.25, 0.3) is 0 Å². The highest BCUT2D eigenvalue weighted by molar-refractivity contribution is 7.46. The third-order valence-electron chi connectivity index (χ3n) is 0. The normalized spacial score (nSPS) is 9.83. The lowest BCUT2D eigenvalue weighted by Gasteiger charge is -1.82. The summed E-state index contributed by atoms with van der Waals surface area (Å²) in [4.78, 5) is 108. The maximum Gasteiger partial charge on any atom is 0.466 e. The molecule has 0 bridgehead atoms. The molecular formula is H30O20P10. The number of hydrogen-bond acceptors (Lipinski definition) is 5. The van der Waals surface area contributed by atoms with Crippen molar-refractivity contribution in [1.29, 1.82) is 0 Å². The van der Waals surface area contributed by atoms with Crippen molar-refractivity contribution in [3.05, 3.63) is 0 Å². The van der Waals surface area contributed by atoms with Crippen LogP contribution >= 0.6 is 88.6 Å². The van der Waals surface area contributed by atoms with Gasteiger partial charge in [0, 0.05) is 0 Å². The first-order valence-electron chi connectivity index (χ1n) is 3.91. The number of hydrogen-bond donors (Lipinski definition) is 15. The van der Waals surface area contributed by atoms with E-state index in [1.807, 2.05) is 0 Å². The van der Waals surface area contributed by atoms with Crippen LogP contribution in [0.4, 0.5) is 0 Å². The minimum atomic E-state index is -4.64. The third-order valence-corrected chi connectivity index (χ3v) is 0. The Kier molecular flexibility index (Phi) is 59.4. The fourth-order valence-electron chi connectivity index (χ4n) is 0. The first kappa shape index (κ1) is 63.8. The Balaban J connectivity index is -0.0000000200. The van der Waals surface area contributed by atoms with E-state index in [2.05, 4.69) is 0 Å². The first-order chi connectivity index (χ1) is 10.0. The number of phosphoric acid groups is 5. The van der Waals surface area contributed by atoms with Crippen LogP contribution in [0.2, 0.25) is 0 Å². The van der Waals surface area contributed by atoms with Crippen LogP contribution in [0.15, 0.2) is 0 Å². The second-order valence-corrected chi connectivity index (χ2v) is 7.70. The molecule has 0 radical (unpaired) electrons. The summed E-state index contributed by atoms with van der Waals surface area (Å²) in [7, 11) is -23.2. The summed E-state index contributed by atoms with van der Waals surface area (Å²) in [6.07, 6.45) is 0. The van der Waals surface area contributed by atoms with Crippen molar-refractivity contribution in [2.24, 2.45) is 0 Å².